The first-order valence-corrected chi connectivity index (χ1v) is 6.90. The molecule has 0 bridgehead atoms. The van der Waals surface area contributed by atoms with Crippen molar-refractivity contribution in [2.24, 2.45) is 5.41 Å². The van der Waals surface area contributed by atoms with Gasteiger partial charge in [0.2, 0.25) is 0 Å². The molecule has 0 aliphatic heterocycles. The highest BCUT2D eigenvalue weighted by Crippen LogP contribution is 2.36. The number of carboxylic acids is 1. The maximum Gasteiger partial charge on any atom is 0.337 e. The number of nitrogens with one attached hydrogen (secondary N) is 1. The second-order valence-corrected chi connectivity index (χ2v) is 6.34. The first-order valence-electron chi connectivity index (χ1n) is 6.53. The summed E-state index contributed by atoms with van der Waals surface area (Å²) in [6, 6.07) is 1.87. The summed E-state index contributed by atoms with van der Waals surface area (Å²) in [5.74, 6) is -0.438. The van der Waals surface area contributed by atoms with Crippen molar-refractivity contribution in [3.63, 3.8) is 0 Å². The molecule has 19 heavy (non-hydrogen) atoms. The van der Waals surface area contributed by atoms with Crippen LogP contribution >= 0.6 is 11.6 Å². The van der Waals surface area contributed by atoms with Crippen molar-refractivity contribution < 1.29 is 9.90 Å². The van der Waals surface area contributed by atoms with E-state index < -0.39 is 5.97 Å². The Labute approximate surface area is 118 Å². The topological polar surface area (TPSA) is 62.2 Å². The normalized spacial score (nSPS) is 19.1. The van der Waals surface area contributed by atoms with Crippen molar-refractivity contribution in [1.29, 1.82) is 0 Å². The van der Waals surface area contributed by atoms with E-state index in [4.69, 9.17) is 16.7 Å². The van der Waals surface area contributed by atoms with Gasteiger partial charge in [0.05, 0.1) is 10.6 Å². The minimum atomic E-state index is -1.03. The standard InChI is InChI=1S/C14H19ClN2O2/c1-14(2)5-3-9(4-6-14)17-12-7-10(13(18)19)11(15)8-16-12/h7-9H,3-6H2,1-2H3,(H,16,17)(H,18,19). The van der Waals surface area contributed by atoms with Gasteiger partial charge in [-0.05, 0) is 37.2 Å². The van der Waals surface area contributed by atoms with Gasteiger partial charge in [0, 0.05) is 12.2 Å². The molecule has 1 aromatic rings. The molecule has 1 aliphatic rings. The van der Waals surface area contributed by atoms with E-state index in [-0.39, 0.29) is 10.6 Å². The van der Waals surface area contributed by atoms with Crippen LogP contribution < -0.4 is 5.32 Å². The molecule has 2 rings (SSSR count). The summed E-state index contributed by atoms with van der Waals surface area (Å²) < 4.78 is 0. The van der Waals surface area contributed by atoms with E-state index in [2.05, 4.69) is 24.1 Å². The number of hydrogen-bond donors (Lipinski definition) is 2. The zero-order valence-corrected chi connectivity index (χ0v) is 12.0. The van der Waals surface area contributed by atoms with Gasteiger partial charge >= 0.3 is 5.97 Å². The van der Waals surface area contributed by atoms with Crippen molar-refractivity contribution in [2.75, 3.05) is 5.32 Å². The predicted molar refractivity (Wildman–Crippen MR) is 75.9 cm³/mol. The minimum Gasteiger partial charge on any atom is -0.478 e. The largest absolute Gasteiger partial charge is 0.478 e. The molecule has 1 fully saturated rings. The Morgan fingerprint density at radius 3 is 2.68 bits per heavy atom. The third kappa shape index (κ3) is 3.60. The molecular weight excluding hydrogens is 264 g/mol. The summed E-state index contributed by atoms with van der Waals surface area (Å²) in [6.07, 6.45) is 5.90. The van der Waals surface area contributed by atoms with Crippen LogP contribution in [0.25, 0.3) is 0 Å². The van der Waals surface area contributed by atoms with Gasteiger partial charge in [0.15, 0.2) is 0 Å². The Bertz CT molecular complexity index is 478. The summed E-state index contributed by atoms with van der Waals surface area (Å²) >= 11 is 5.80. The lowest BCUT2D eigenvalue weighted by atomic mass is 9.75. The number of aromatic carboxylic acids is 1. The number of aromatic nitrogens is 1. The number of carboxylic acid groups (broad SMARTS) is 1. The molecular formula is C14H19ClN2O2. The zero-order chi connectivity index (χ0) is 14.0. The molecule has 0 unspecified atom stereocenters. The highest BCUT2D eigenvalue weighted by Gasteiger charge is 2.27. The van der Waals surface area contributed by atoms with Crippen LogP contribution in [0, 0.1) is 5.41 Å². The van der Waals surface area contributed by atoms with E-state index in [1.165, 1.54) is 25.1 Å². The van der Waals surface area contributed by atoms with Crippen LogP contribution in [-0.2, 0) is 0 Å². The van der Waals surface area contributed by atoms with Gasteiger partial charge in [-0.15, -0.1) is 0 Å². The van der Waals surface area contributed by atoms with Crippen LogP contribution in [0.5, 0.6) is 0 Å². The van der Waals surface area contributed by atoms with Crippen molar-refractivity contribution in [3.8, 4) is 0 Å². The molecule has 0 amide bonds. The maximum absolute atomic E-state index is 11.0. The van der Waals surface area contributed by atoms with Crippen LogP contribution in [0.1, 0.15) is 49.9 Å². The number of pyridine rings is 1. The highest BCUT2D eigenvalue weighted by molar-refractivity contribution is 6.33. The van der Waals surface area contributed by atoms with Crippen LogP contribution in [0.4, 0.5) is 5.82 Å². The molecule has 104 valence electrons. The fraction of sp³-hybridized carbons (Fsp3) is 0.571. The average molecular weight is 283 g/mol. The van der Waals surface area contributed by atoms with Gasteiger partial charge < -0.3 is 10.4 Å². The Balaban J connectivity index is 2.04. The lowest BCUT2D eigenvalue weighted by Crippen LogP contribution is -2.30. The minimum absolute atomic E-state index is 0.0929. The predicted octanol–water partition coefficient (Wildman–Crippen LogP) is 3.81. The molecule has 0 spiro atoms. The monoisotopic (exact) mass is 282 g/mol. The van der Waals surface area contributed by atoms with Crippen molar-refractivity contribution in [2.45, 2.75) is 45.6 Å². The summed E-state index contributed by atoms with van der Waals surface area (Å²) in [6.45, 7) is 4.57. The lowest BCUT2D eigenvalue weighted by molar-refractivity contribution is 0.0697. The molecule has 5 heteroatoms. The third-order valence-corrected chi connectivity index (χ3v) is 4.08. The first kappa shape index (κ1) is 14.1. The average Bonchev–Trinajstić information content (AvgIpc) is 2.34. The quantitative estimate of drug-likeness (QED) is 0.885. The van der Waals surface area contributed by atoms with Gasteiger partial charge in [-0.2, -0.15) is 0 Å². The Morgan fingerprint density at radius 1 is 1.47 bits per heavy atom. The Hall–Kier alpha value is -1.29. The fourth-order valence-electron chi connectivity index (χ4n) is 2.43. The maximum atomic E-state index is 11.0. The van der Waals surface area contributed by atoms with E-state index in [0.29, 0.717) is 17.3 Å². The third-order valence-electron chi connectivity index (χ3n) is 3.78. The smallest absolute Gasteiger partial charge is 0.337 e. The number of rotatable bonds is 3. The van der Waals surface area contributed by atoms with Gasteiger partial charge in [0.1, 0.15) is 5.82 Å². The SMILES string of the molecule is CC1(C)CCC(Nc2cc(C(=O)O)c(Cl)cn2)CC1. The fourth-order valence-corrected chi connectivity index (χ4v) is 2.62. The van der Waals surface area contributed by atoms with E-state index in [1.54, 1.807) is 0 Å². The summed E-state index contributed by atoms with van der Waals surface area (Å²) in [5.41, 5.74) is 0.507. The summed E-state index contributed by atoms with van der Waals surface area (Å²) in [5, 5.41) is 12.5. The molecule has 1 heterocycles. The van der Waals surface area contributed by atoms with E-state index in [9.17, 15) is 4.79 Å². The number of carbonyl (C=O) groups is 1. The van der Waals surface area contributed by atoms with Crippen LogP contribution in [0.3, 0.4) is 0 Å². The molecule has 1 aromatic heterocycles. The second-order valence-electron chi connectivity index (χ2n) is 5.94. The molecule has 0 atom stereocenters. The van der Waals surface area contributed by atoms with Crippen LogP contribution in [-0.4, -0.2) is 22.1 Å². The van der Waals surface area contributed by atoms with E-state index in [0.717, 1.165) is 12.8 Å². The lowest BCUT2D eigenvalue weighted by Gasteiger charge is -2.34. The van der Waals surface area contributed by atoms with Gasteiger partial charge in [-0.25, -0.2) is 9.78 Å². The molecule has 2 N–H and O–H groups in total. The van der Waals surface area contributed by atoms with Crippen LogP contribution in [0.2, 0.25) is 5.02 Å². The van der Waals surface area contributed by atoms with Gasteiger partial charge in [-0.1, -0.05) is 25.4 Å². The number of nitrogens with zero attached hydrogens (tertiary/aromatic N) is 1. The number of halogens is 1. The Kier molecular flexibility index (Phi) is 3.99. The summed E-state index contributed by atoms with van der Waals surface area (Å²) in [4.78, 5) is 15.2. The molecule has 0 saturated heterocycles. The van der Waals surface area contributed by atoms with E-state index in [1.807, 2.05) is 0 Å². The summed E-state index contributed by atoms with van der Waals surface area (Å²) in [7, 11) is 0. The van der Waals surface area contributed by atoms with Gasteiger partial charge in [0.25, 0.3) is 0 Å². The van der Waals surface area contributed by atoms with Crippen molar-refractivity contribution in [1.82, 2.24) is 4.98 Å². The Morgan fingerprint density at radius 2 is 2.11 bits per heavy atom. The number of anilines is 1. The molecule has 1 aliphatic carbocycles. The van der Waals surface area contributed by atoms with Crippen molar-refractivity contribution >= 4 is 23.4 Å². The molecule has 0 radical (unpaired) electrons. The first-order chi connectivity index (χ1) is 8.87. The molecule has 1 saturated carbocycles. The van der Waals surface area contributed by atoms with Crippen LogP contribution in [0.15, 0.2) is 12.3 Å². The second kappa shape index (κ2) is 5.37. The zero-order valence-electron chi connectivity index (χ0n) is 11.2. The molecule has 4 nitrogen and oxygen atoms in total. The van der Waals surface area contributed by atoms with E-state index >= 15 is 0 Å². The highest BCUT2D eigenvalue weighted by atomic mass is 35.5. The van der Waals surface area contributed by atoms with Crippen molar-refractivity contribution in [3.05, 3.63) is 22.8 Å². The van der Waals surface area contributed by atoms with Gasteiger partial charge in [-0.3, -0.25) is 0 Å². The number of hydrogen-bond acceptors (Lipinski definition) is 3. The molecule has 0 aromatic carbocycles.